The van der Waals surface area contributed by atoms with Crippen LogP contribution in [0.4, 0.5) is 0 Å². The van der Waals surface area contributed by atoms with Crippen molar-refractivity contribution in [2.75, 3.05) is 0 Å². The van der Waals surface area contributed by atoms with Crippen molar-refractivity contribution in [2.24, 2.45) is 0 Å². The van der Waals surface area contributed by atoms with Gasteiger partial charge < -0.3 is 10.1 Å². The van der Waals surface area contributed by atoms with Gasteiger partial charge in [-0.05, 0) is 39.3 Å². The lowest BCUT2D eigenvalue weighted by molar-refractivity contribution is 0.226. The third-order valence-corrected chi connectivity index (χ3v) is 3.17. The minimum absolute atomic E-state index is 0.0250. The summed E-state index contributed by atoms with van der Waals surface area (Å²) < 4.78 is 6.01. The predicted octanol–water partition coefficient (Wildman–Crippen LogP) is 4.11. The van der Waals surface area contributed by atoms with E-state index in [1.165, 1.54) is 5.56 Å². The summed E-state index contributed by atoms with van der Waals surface area (Å²) in [5, 5.41) is 3.43. The molecule has 2 aromatic rings. The van der Waals surface area contributed by atoms with Crippen molar-refractivity contribution in [2.45, 2.75) is 45.9 Å². The molecule has 21 heavy (non-hydrogen) atoms. The Bertz CT molecular complexity index is 561. The molecular formula is C18H24N2O. The van der Waals surface area contributed by atoms with Crippen LogP contribution >= 0.6 is 0 Å². The monoisotopic (exact) mass is 284 g/mol. The highest BCUT2D eigenvalue weighted by molar-refractivity contribution is 5.25. The van der Waals surface area contributed by atoms with Crippen molar-refractivity contribution in [1.82, 2.24) is 10.3 Å². The molecule has 1 aromatic heterocycles. The number of aromatic nitrogens is 1. The lowest BCUT2D eigenvalue weighted by Gasteiger charge is -2.20. The Balaban J connectivity index is 2.01. The molecule has 0 saturated heterocycles. The highest BCUT2D eigenvalue weighted by atomic mass is 16.5. The smallest absolute Gasteiger partial charge is 0.123 e. The van der Waals surface area contributed by atoms with Crippen molar-refractivity contribution in [3.05, 3.63) is 59.9 Å². The predicted molar refractivity (Wildman–Crippen MR) is 86.3 cm³/mol. The van der Waals surface area contributed by atoms with Gasteiger partial charge >= 0.3 is 0 Å². The number of pyridine rings is 1. The molecule has 3 heteroatoms. The van der Waals surface area contributed by atoms with E-state index in [4.69, 9.17) is 4.74 Å². The summed E-state index contributed by atoms with van der Waals surface area (Å²) in [4.78, 5) is 4.38. The van der Waals surface area contributed by atoms with E-state index in [0.29, 0.717) is 0 Å². The number of nitrogens with zero attached hydrogens (tertiary/aromatic N) is 1. The molecule has 1 heterocycles. The lowest BCUT2D eigenvalue weighted by Crippen LogP contribution is -2.35. The standard InChI is InChI=1S/C18H24N2O/c1-14(15-8-6-5-7-9-15)21-17-10-11-19-16(12-17)13-20-18(2,3)4/h5-12,14,20H,13H2,1-4H3. The zero-order chi connectivity index (χ0) is 15.3. The molecule has 1 unspecified atom stereocenters. The van der Waals surface area contributed by atoms with Crippen LogP contribution in [0.1, 0.15) is 45.1 Å². The van der Waals surface area contributed by atoms with Crippen LogP contribution in [0.2, 0.25) is 0 Å². The van der Waals surface area contributed by atoms with Crippen molar-refractivity contribution in [3.8, 4) is 5.75 Å². The molecule has 112 valence electrons. The first kappa shape index (κ1) is 15.5. The molecule has 1 N–H and O–H groups in total. The number of ether oxygens (including phenoxy) is 1. The summed E-state index contributed by atoms with van der Waals surface area (Å²) in [5.74, 6) is 0.854. The van der Waals surface area contributed by atoms with E-state index in [2.05, 4.69) is 50.1 Å². The molecule has 2 rings (SSSR count). The number of benzene rings is 1. The van der Waals surface area contributed by atoms with Gasteiger partial charge in [0.05, 0.1) is 5.69 Å². The Labute approximate surface area is 127 Å². The van der Waals surface area contributed by atoms with Crippen LogP contribution in [0, 0.1) is 0 Å². The summed E-state index contributed by atoms with van der Waals surface area (Å²) >= 11 is 0. The maximum absolute atomic E-state index is 6.01. The number of rotatable bonds is 5. The fourth-order valence-corrected chi connectivity index (χ4v) is 1.98. The molecule has 0 aliphatic heterocycles. The van der Waals surface area contributed by atoms with Gasteiger partial charge in [-0.15, -0.1) is 0 Å². The second-order valence-corrected chi connectivity index (χ2v) is 6.26. The lowest BCUT2D eigenvalue weighted by atomic mass is 10.1. The Hall–Kier alpha value is -1.87. The van der Waals surface area contributed by atoms with E-state index in [9.17, 15) is 0 Å². The van der Waals surface area contributed by atoms with E-state index in [0.717, 1.165) is 18.0 Å². The highest BCUT2D eigenvalue weighted by Gasteiger charge is 2.10. The number of hydrogen-bond donors (Lipinski definition) is 1. The Kier molecular flexibility index (Phi) is 4.97. The average molecular weight is 284 g/mol. The Morgan fingerprint density at radius 1 is 1.14 bits per heavy atom. The summed E-state index contributed by atoms with van der Waals surface area (Å²) in [7, 11) is 0. The number of hydrogen-bond acceptors (Lipinski definition) is 3. The van der Waals surface area contributed by atoms with Gasteiger partial charge in [-0.1, -0.05) is 30.3 Å². The molecule has 1 aromatic carbocycles. The molecule has 0 saturated carbocycles. The minimum atomic E-state index is 0.0250. The van der Waals surface area contributed by atoms with Crippen molar-refractivity contribution < 1.29 is 4.74 Å². The van der Waals surface area contributed by atoms with Gasteiger partial charge in [0.15, 0.2) is 0 Å². The minimum Gasteiger partial charge on any atom is -0.486 e. The quantitative estimate of drug-likeness (QED) is 0.897. The van der Waals surface area contributed by atoms with Crippen molar-refractivity contribution in [1.29, 1.82) is 0 Å². The molecule has 0 radical (unpaired) electrons. The molecule has 3 nitrogen and oxygen atoms in total. The Morgan fingerprint density at radius 2 is 1.86 bits per heavy atom. The maximum Gasteiger partial charge on any atom is 0.123 e. The molecule has 0 amide bonds. The van der Waals surface area contributed by atoms with Crippen LogP contribution in [0.3, 0.4) is 0 Å². The largest absolute Gasteiger partial charge is 0.486 e. The molecule has 0 aliphatic rings. The maximum atomic E-state index is 6.01. The summed E-state index contributed by atoms with van der Waals surface area (Å²) in [6.07, 6.45) is 1.82. The van der Waals surface area contributed by atoms with Gasteiger partial charge in [0.1, 0.15) is 11.9 Å². The summed E-state index contributed by atoms with van der Waals surface area (Å²) in [6, 6.07) is 14.1. The van der Waals surface area contributed by atoms with Crippen LogP contribution < -0.4 is 10.1 Å². The molecule has 0 aliphatic carbocycles. The topological polar surface area (TPSA) is 34.1 Å². The second kappa shape index (κ2) is 6.72. The van der Waals surface area contributed by atoms with Gasteiger partial charge in [-0.2, -0.15) is 0 Å². The molecule has 0 spiro atoms. The number of nitrogens with one attached hydrogen (secondary N) is 1. The van der Waals surface area contributed by atoms with Gasteiger partial charge in [0.2, 0.25) is 0 Å². The zero-order valence-electron chi connectivity index (χ0n) is 13.3. The molecule has 1 atom stereocenters. The van der Waals surface area contributed by atoms with Gasteiger partial charge in [0.25, 0.3) is 0 Å². The first-order valence-electron chi connectivity index (χ1n) is 7.35. The molecule has 0 fully saturated rings. The van der Waals surface area contributed by atoms with Crippen molar-refractivity contribution >= 4 is 0 Å². The van der Waals surface area contributed by atoms with Crippen LogP contribution in [-0.2, 0) is 6.54 Å². The van der Waals surface area contributed by atoms with E-state index in [-0.39, 0.29) is 11.6 Å². The first-order chi connectivity index (χ1) is 9.94. The van der Waals surface area contributed by atoms with Crippen LogP contribution in [0.25, 0.3) is 0 Å². The molecular weight excluding hydrogens is 260 g/mol. The Morgan fingerprint density at radius 3 is 2.52 bits per heavy atom. The van der Waals surface area contributed by atoms with Crippen LogP contribution in [0.15, 0.2) is 48.7 Å². The summed E-state index contributed by atoms with van der Waals surface area (Å²) in [5.41, 5.74) is 2.24. The van der Waals surface area contributed by atoms with Gasteiger partial charge in [0, 0.05) is 24.3 Å². The zero-order valence-corrected chi connectivity index (χ0v) is 13.3. The third-order valence-electron chi connectivity index (χ3n) is 3.17. The third kappa shape index (κ3) is 5.20. The second-order valence-electron chi connectivity index (χ2n) is 6.26. The van der Waals surface area contributed by atoms with E-state index >= 15 is 0 Å². The normalized spacial score (nSPS) is 13.0. The van der Waals surface area contributed by atoms with Gasteiger partial charge in [-0.25, -0.2) is 0 Å². The first-order valence-corrected chi connectivity index (χ1v) is 7.35. The highest BCUT2D eigenvalue weighted by Crippen LogP contribution is 2.21. The van der Waals surface area contributed by atoms with E-state index < -0.39 is 0 Å². The SMILES string of the molecule is CC(Oc1ccnc(CNC(C)(C)C)c1)c1ccccc1. The van der Waals surface area contributed by atoms with Crippen LogP contribution in [0.5, 0.6) is 5.75 Å². The summed E-state index contributed by atoms with van der Waals surface area (Å²) in [6.45, 7) is 9.23. The van der Waals surface area contributed by atoms with Crippen molar-refractivity contribution in [3.63, 3.8) is 0 Å². The van der Waals surface area contributed by atoms with Crippen LogP contribution in [-0.4, -0.2) is 10.5 Å². The molecule has 0 bridgehead atoms. The van der Waals surface area contributed by atoms with E-state index in [1.54, 1.807) is 6.20 Å². The van der Waals surface area contributed by atoms with E-state index in [1.807, 2.05) is 30.3 Å². The fraction of sp³-hybridized carbons (Fsp3) is 0.389. The average Bonchev–Trinajstić information content (AvgIpc) is 2.46. The van der Waals surface area contributed by atoms with Gasteiger partial charge in [-0.3, -0.25) is 4.98 Å². The fourth-order valence-electron chi connectivity index (χ4n) is 1.98.